The Morgan fingerprint density at radius 2 is 1.34 bits per heavy atom. The Kier molecular flexibility index (Phi) is 20.1. The van der Waals surface area contributed by atoms with Gasteiger partial charge in [0.05, 0.1) is 85.7 Å². The first-order valence-electron chi connectivity index (χ1n) is 16.5. The lowest BCUT2D eigenvalue weighted by atomic mass is 10.1. The fraction of sp³-hybridized carbons (Fsp3) is 0.529. The van der Waals surface area contributed by atoms with Crippen LogP contribution in [-0.4, -0.2) is 103 Å². The Morgan fingerprint density at radius 3 is 1.94 bits per heavy atom. The highest BCUT2D eigenvalue weighted by Crippen LogP contribution is 2.24. The highest BCUT2D eigenvalue weighted by molar-refractivity contribution is 5.83. The molecule has 0 saturated carbocycles. The molecule has 14 nitrogen and oxygen atoms in total. The molecule has 50 heavy (non-hydrogen) atoms. The summed E-state index contributed by atoms with van der Waals surface area (Å²) < 4.78 is 66.0. The number of carbonyl (C=O) groups is 2. The number of halogens is 2. The number of fused-ring (bicyclic) bond motifs is 1. The monoisotopic (exact) mass is 705 g/mol. The van der Waals surface area contributed by atoms with Crippen molar-refractivity contribution in [1.82, 2.24) is 10.3 Å². The van der Waals surface area contributed by atoms with Gasteiger partial charge in [-0.1, -0.05) is 23.3 Å². The predicted molar refractivity (Wildman–Crippen MR) is 179 cm³/mol. The molecule has 0 unspecified atom stereocenters. The number of azide groups is 1. The molecule has 3 aromatic rings. The minimum absolute atomic E-state index is 0.0160. The van der Waals surface area contributed by atoms with E-state index in [1.54, 1.807) is 0 Å². The van der Waals surface area contributed by atoms with Crippen molar-refractivity contribution in [2.75, 3.05) is 85.8 Å². The van der Waals surface area contributed by atoms with Gasteiger partial charge in [0.25, 0.3) is 0 Å². The average molecular weight is 706 g/mol. The average Bonchev–Trinajstić information content (AvgIpc) is 3.52. The number of aromatic nitrogens is 1. The molecule has 0 spiro atoms. The molecule has 2 aromatic carbocycles. The molecule has 0 saturated heterocycles. The number of aromatic amines is 1. The third-order valence-corrected chi connectivity index (χ3v) is 7.00. The van der Waals surface area contributed by atoms with Gasteiger partial charge >= 0.3 is 5.97 Å². The third-order valence-electron chi connectivity index (χ3n) is 7.00. The van der Waals surface area contributed by atoms with Gasteiger partial charge in [-0.3, -0.25) is 9.59 Å². The number of benzene rings is 2. The molecule has 1 heterocycles. The Labute approximate surface area is 289 Å². The van der Waals surface area contributed by atoms with Gasteiger partial charge in [-0.15, -0.1) is 0 Å². The van der Waals surface area contributed by atoms with E-state index in [1.165, 1.54) is 0 Å². The molecule has 1 amide bonds. The van der Waals surface area contributed by atoms with Crippen LogP contribution in [0.3, 0.4) is 0 Å². The topological polar surface area (TPSA) is 175 Å². The van der Waals surface area contributed by atoms with Gasteiger partial charge in [0.2, 0.25) is 11.7 Å². The number of carbonyl (C=O) groups excluding carboxylic acids is 2. The van der Waals surface area contributed by atoms with Crippen molar-refractivity contribution in [3.63, 3.8) is 0 Å². The van der Waals surface area contributed by atoms with Gasteiger partial charge in [0.1, 0.15) is 0 Å². The quantitative estimate of drug-likeness (QED) is 0.0269. The molecule has 0 bridgehead atoms. The van der Waals surface area contributed by atoms with E-state index < -0.39 is 23.4 Å². The van der Waals surface area contributed by atoms with Crippen molar-refractivity contribution in [1.29, 1.82) is 0 Å². The zero-order chi connectivity index (χ0) is 35.7. The maximum Gasteiger partial charge on any atom is 0.313 e. The Balaban J connectivity index is 1.14. The molecule has 16 heteroatoms. The Bertz CT molecular complexity index is 1460. The van der Waals surface area contributed by atoms with E-state index in [0.717, 1.165) is 28.6 Å². The second-order valence-corrected chi connectivity index (χ2v) is 10.7. The van der Waals surface area contributed by atoms with Crippen LogP contribution in [0.4, 0.5) is 8.78 Å². The first-order valence-corrected chi connectivity index (χ1v) is 16.5. The van der Waals surface area contributed by atoms with Crippen LogP contribution in [0.2, 0.25) is 0 Å². The molecule has 0 aliphatic rings. The van der Waals surface area contributed by atoms with E-state index >= 15 is 0 Å². The molecule has 0 aliphatic carbocycles. The van der Waals surface area contributed by atoms with Crippen molar-refractivity contribution < 1.29 is 51.5 Å². The van der Waals surface area contributed by atoms with Gasteiger partial charge in [-0.25, -0.2) is 8.78 Å². The number of nitrogens with one attached hydrogen (secondary N) is 2. The number of hydrogen-bond acceptors (Lipinski definition) is 10. The molecular weight excluding hydrogens is 660 g/mol. The summed E-state index contributed by atoms with van der Waals surface area (Å²) in [6.45, 7) is 4.28. The number of amides is 1. The number of nitrogens with zero attached hydrogens (tertiary/aromatic N) is 3. The maximum atomic E-state index is 14.6. The van der Waals surface area contributed by atoms with Crippen LogP contribution in [0.15, 0.2) is 47.7 Å². The van der Waals surface area contributed by atoms with Gasteiger partial charge in [0.15, 0.2) is 11.6 Å². The third kappa shape index (κ3) is 16.5. The van der Waals surface area contributed by atoms with Crippen LogP contribution in [0.1, 0.15) is 30.4 Å². The van der Waals surface area contributed by atoms with Crippen molar-refractivity contribution in [3.8, 4) is 5.75 Å². The first-order chi connectivity index (χ1) is 24.5. The van der Waals surface area contributed by atoms with Crippen LogP contribution in [-0.2, 0) is 51.0 Å². The number of esters is 1. The van der Waals surface area contributed by atoms with Crippen molar-refractivity contribution >= 4 is 22.8 Å². The summed E-state index contributed by atoms with van der Waals surface area (Å²) in [5, 5.41) is 7.15. The lowest BCUT2D eigenvalue weighted by molar-refractivity contribution is -0.136. The standard InChI is InChI=1S/C34H45F2N5O9/c35-29-22-26(24-39-32(42)7-3-4-27-25-38-31-6-2-1-5-28(27)31)23-30(36)34(29)50-33(43)8-10-44-12-14-46-16-18-48-20-21-49-19-17-47-15-13-45-11-9-40-41-37/h1-2,5-6,22-23,25,38H,3-4,7-21,24H2,(H,39,42). The van der Waals surface area contributed by atoms with Crippen LogP contribution in [0.25, 0.3) is 21.3 Å². The fourth-order valence-electron chi connectivity index (χ4n) is 4.55. The summed E-state index contributed by atoms with van der Waals surface area (Å²) in [5.41, 5.74) is 10.5. The molecular formula is C34H45F2N5O9. The highest BCUT2D eigenvalue weighted by atomic mass is 19.1. The van der Waals surface area contributed by atoms with Gasteiger partial charge in [-0.05, 0) is 47.7 Å². The molecule has 1 aromatic heterocycles. The Morgan fingerprint density at radius 1 is 0.780 bits per heavy atom. The molecule has 0 aliphatic heterocycles. The lowest BCUT2D eigenvalue weighted by Gasteiger charge is -2.10. The zero-order valence-corrected chi connectivity index (χ0v) is 28.0. The summed E-state index contributed by atoms with van der Waals surface area (Å²) in [6.07, 6.45) is 3.32. The molecule has 274 valence electrons. The maximum absolute atomic E-state index is 14.6. The van der Waals surface area contributed by atoms with Crippen LogP contribution >= 0.6 is 0 Å². The highest BCUT2D eigenvalue weighted by Gasteiger charge is 2.17. The van der Waals surface area contributed by atoms with Gasteiger partial charge in [-0.2, -0.15) is 0 Å². The molecule has 0 atom stereocenters. The summed E-state index contributed by atoms with van der Waals surface area (Å²) >= 11 is 0. The fourth-order valence-corrected chi connectivity index (χ4v) is 4.55. The number of para-hydroxylation sites is 1. The van der Waals surface area contributed by atoms with Crippen LogP contribution in [0, 0.1) is 11.6 Å². The second-order valence-electron chi connectivity index (χ2n) is 10.7. The van der Waals surface area contributed by atoms with Crippen molar-refractivity contribution in [2.45, 2.75) is 32.2 Å². The van der Waals surface area contributed by atoms with Crippen molar-refractivity contribution in [2.24, 2.45) is 5.11 Å². The summed E-state index contributed by atoms with van der Waals surface area (Å²) in [5.74, 6) is -3.97. The van der Waals surface area contributed by atoms with E-state index in [9.17, 15) is 18.4 Å². The largest absolute Gasteiger partial charge is 0.420 e. The van der Waals surface area contributed by atoms with E-state index in [2.05, 4.69) is 20.3 Å². The molecule has 0 radical (unpaired) electrons. The summed E-state index contributed by atoms with van der Waals surface area (Å²) in [4.78, 5) is 30.2. The summed E-state index contributed by atoms with van der Waals surface area (Å²) in [7, 11) is 0. The number of rotatable bonds is 28. The number of hydrogen-bond donors (Lipinski definition) is 2. The van der Waals surface area contributed by atoms with E-state index in [4.69, 9.17) is 38.7 Å². The van der Waals surface area contributed by atoms with E-state index in [-0.39, 0.29) is 50.7 Å². The smallest absolute Gasteiger partial charge is 0.313 e. The second kappa shape index (κ2) is 24.9. The minimum Gasteiger partial charge on any atom is -0.420 e. The number of ether oxygens (including phenoxy) is 7. The first kappa shape index (κ1) is 40.3. The molecule has 3 rings (SSSR count). The van der Waals surface area contributed by atoms with E-state index in [1.807, 2.05) is 30.5 Å². The minimum atomic E-state index is -1.04. The van der Waals surface area contributed by atoms with Gasteiger partial charge < -0.3 is 43.5 Å². The zero-order valence-electron chi connectivity index (χ0n) is 28.0. The SMILES string of the molecule is [N-]=[N+]=NCCOCCOCCOCCOCCOCCOCCC(=O)Oc1c(F)cc(CNC(=O)CCCc2c[nH]c3ccccc23)cc1F. The number of H-pyrrole nitrogens is 1. The predicted octanol–water partition coefficient (Wildman–Crippen LogP) is 4.79. The normalized spacial score (nSPS) is 11.1. The Hall–Kier alpha value is -4.15. The lowest BCUT2D eigenvalue weighted by Crippen LogP contribution is -2.22. The molecule has 0 fully saturated rings. The summed E-state index contributed by atoms with van der Waals surface area (Å²) in [6, 6.07) is 9.98. The van der Waals surface area contributed by atoms with Crippen LogP contribution < -0.4 is 10.1 Å². The van der Waals surface area contributed by atoms with Gasteiger partial charge in [0, 0.05) is 41.5 Å². The van der Waals surface area contributed by atoms with Crippen molar-refractivity contribution in [3.05, 3.63) is 75.8 Å². The van der Waals surface area contributed by atoms with Crippen LogP contribution in [0.5, 0.6) is 5.75 Å². The van der Waals surface area contributed by atoms with E-state index in [0.29, 0.717) is 78.8 Å². The number of aryl methyl sites for hydroxylation is 1. The molecule has 2 N–H and O–H groups in total.